The minimum absolute atomic E-state index is 0.269. The second-order valence-electron chi connectivity index (χ2n) is 5.08. The SMILES string of the molecule is N#Cc1cccnc1N1CCCN(c2snc(Cl)c2C#N)CC1. The standard InChI is InChI=1S/C15H13ClN6S/c16-13-12(10-18)15(23-20-13)22-6-2-5-21(7-8-22)14-11(9-17)3-1-4-19-14/h1,3-4H,2,5-8H2. The Labute approximate surface area is 143 Å². The molecule has 116 valence electrons. The lowest BCUT2D eigenvalue weighted by Gasteiger charge is -2.23. The second-order valence-corrected chi connectivity index (χ2v) is 6.19. The molecule has 0 unspecified atom stereocenters. The highest BCUT2D eigenvalue weighted by Crippen LogP contribution is 2.32. The van der Waals surface area contributed by atoms with Crippen molar-refractivity contribution in [3.63, 3.8) is 0 Å². The van der Waals surface area contributed by atoms with Crippen LogP contribution < -0.4 is 9.80 Å². The van der Waals surface area contributed by atoms with E-state index in [4.69, 9.17) is 11.6 Å². The van der Waals surface area contributed by atoms with Gasteiger partial charge in [0.05, 0.1) is 5.56 Å². The van der Waals surface area contributed by atoms with Gasteiger partial charge in [-0.1, -0.05) is 11.6 Å². The maximum Gasteiger partial charge on any atom is 0.162 e. The van der Waals surface area contributed by atoms with Gasteiger partial charge in [0.15, 0.2) is 5.15 Å². The highest BCUT2D eigenvalue weighted by Gasteiger charge is 2.22. The first-order valence-corrected chi connectivity index (χ1v) is 8.30. The molecule has 1 fully saturated rings. The molecule has 3 heterocycles. The van der Waals surface area contributed by atoms with Crippen LogP contribution in [0.15, 0.2) is 18.3 Å². The molecule has 1 saturated heterocycles. The summed E-state index contributed by atoms with van der Waals surface area (Å²) in [4.78, 5) is 8.61. The van der Waals surface area contributed by atoms with Crippen LogP contribution in [0.4, 0.5) is 10.8 Å². The summed E-state index contributed by atoms with van der Waals surface area (Å²) in [6.07, 6.45) is 2.61. The maximum absolute atomic E-state index is 9.24. The lowest BCUT2D eigenvalue weighted by molar-refractivity contribution is 0.797. The molecule has 2 aromatic rings. The Bertz CT molecular complexity index is 790. The highest BCUT2D eigenvalue weighted by molar-refractivity contribution is 7.10. The smallest absolute Gasteiger partial charge is 0.162 e. The van der Waals surface area contributed by atoms with Crippen molar-refractivity contribution in [3.05, 3.63) is 34.6 Å². The average Bonchev–Trinajstić information content (AvgIpc) is 2.81. The normalized spacial score (nSPS) is 14.9. The van der Waals surface area contributed by atoms with Gasteiger partial charge in [0, 0.05) is 32.4 Å². The van der Waals surface area contributed by atoms with E-state index < -0.39 is 0 Å². The fourth-order valence-electron chi connectivity index (χ4n) is 2.64. The molecule has 8 heteroatoms. The Hall–Kier alpha value is -2.35. The predicted octanol–water partition coefficient (Wildman–Crippen LogP) is 2.65. The van der Waals surface area contributed by atoms with Crippen LogP contribution in [-0.4, -0.2) is 35.5 Å². The van der Waals surface area contributed by atoms with E-state index in [0.717, 1.165) is 43.4 Å². The molecular formula is C15H13ClN6S. The fourth-order valence-corrected chi connectivity index (χ4v) is 3.72. The van der Waals surface area contributed by atoms with Crippen molar-refractivity contribution in [2.75, 3.05) is 36.0 Å². The van der Waals surface area contributed by atoms with Gasteiger partial charge in [-0.15, -0.1) is 0 Å². The molecule has 0 amide bonds. The minimum Gasteiger partial charge on any atom is -0.359 e. The second kappa shape index (κ2) is 6.82. The molecule has 1 aliphatic rings. The Morgan fingerprint density at radius 2 is 1.91 bits per heavy atom. The van der Waals surface area contributed by atoms with Crippen LogP contribution in [0.25, 0.3) is 0 Å². The zero-order valence-corrected chi connectivity index (χ0v) is 13.8. The molecule has 0 aliphatic carbocycles. The summed E-state index contributed by atoms with van der Waals surface area (Å²) >= 11 is 7.22. The van der Waals surface area contributed by atoms with Crippen molar-refractivity contribution >= 4 is 34.0 Å². The molecule has 0 radical (unpaired) electrons. The van der Waals surface area contributed by atoms with E-state index in [1.54, 1.807) is 18.3 Å². The molecule has 0 atom stereocenters. The fraction of sp³-hybridized carbons (Fsp3) is 0.333. The van der Waals surface area contributed by atoms with Crippen molar-refractivity contribution in [3.8, 4) is 12.1 Å². The molecule has 0 spiro atoms. The van der Waals surface area contributed by atoms with Crippen LogP contribution in [0.3, 0.4) is 0 Å². The summed E-state index contributed by atoms with van der Waals surface area (Å²) in [5.74, 6) is 0.722. The summed E-state index contributed by atoms with van der Waals surface area (Å²) in [6, 6.07) is 7.87. The maximum atomic E-state index is 9.24. The van der Waals surface area contributed by atoms with Crippen LogP contribution in [0.2, 0.25) is 5.15 Å². The van der Waals surface area contributed by atoms with Gasteiger partial charge < -0.3 is 9.80 Å². The summed E-state index contributed by atoms with van der Waals surface area (Å²) in [5.41, 5.74) is 1.03. The molecule has 0 bridgehead atoms. The number of halogens is 1. The molecular weight excluding hydrogens is 332 g/mol. The van der Waals surface area contributed by atoms with E-state index in [1.165, 1.54) is 11.5 Å². The van der Waals surface area contributed by atoms with E-state index in [1.807, 2.05) is 0 Å². The largest absolute Gasteiger partial charge is 0.359 e. The van der Waals surface area contributed by atoms with Crippen LogP contribution in [0, 0.1) is 22.7 Å². The Balaban J connectivity index is 1.80. The summed E-state index contributed by atoms with van der Waals surface area (Å²) < 4.78 is 4.07. The van der Waals surface area contributed by atoms with Gasteiger partial charge in [-0.3, -0.25) is 0 Å². The first kappa shape index (κ1) is 15.5. The highest BCUT2D eigenvalue weighted by atomic mass is 35.5. The molecule has 0 saturated carbocycles. The number of nitriles is 2. The van der Waals surface area contributed by atoms with Crippen molar-refractivity contribution in [2.24, 2.45) is 0 Å². The number of hydrogen-bond donors (Lipinski definition) is 0. The van der Waals surface area contributed by atoms with Crippen molar-refractivity contribution in [1.82, 2.24) is 9.36 Å². The first-order valence-electron chi connectivity index (χ1n) is 7.15. The molecule has 23 heavy (non-hydrogen) atoms. The number of aromatic nitrogens is 2. The number of anilines is 2. The van der Waals surface area contributed by atoms with Gasteiger partial charge in [-0.2, -0.15) is 14.9 Å². The Morgan fingerprint density at radius 1 is 1.13 bits per heavy atom. The average molecular weight is 345 g/mol. The van der Waals surface area contributed by atoms with Crippen LogP contribution >= 0.6 is 23.1 Å². The lowest BCUT2D eigenvalue weighted by Crippen LogP contribution is -2.31. The van der Waals surface area contributed by atoms with Crippen LogP contribution in [-0.2, 0) is 0 Å². The number of rotatable bonds is 2. The third kappa shape index (κ3) is 3.07. The molecule has 2 aromatic heterocycles. The monoisotopic (exact) mass is 344 g/mol. The minimum atomic E-state index is 0.269. The molecule has 0 aromatic carbocycles. The van der Waals surface area contributed by atoms with Gasteiger partial charge in [0.25, 0.3) is 0 Å². The van der Waals surface area contributed by atoms with Crippen LogP contribution in [0.1, 0.15) is 17.5 Å². The summed E-state index contributed by atoms with van der Waals surface area (Å²) in [7, 11) is 0. The van der Waals surface area contributed by atoms with E-state index >= 15 is 0 Å². The number of hydrogen-bond acceptors (Lipinski definition) is 7. The predicted molar refractivity (Wildman–Crippen MR) is 89.8 cm³/mol. The summed E-state index contributed by atoms with van der Waals surface area (Å²) in [5, 5.41) is 19.6. The van der Waals surface area contributed by atoms with Gasteiger partial charge >= 0.3 is 0 Å². The first-order chi connectivity index (χ1) is 11.2. The van der Waals surface area contributed by atoms with Crippen molar-refractivity contribution in [1.29, 1.82) is 10.5 Å². The number of nitrogens with zero attached hydrogens (tertiary/aromatic N) is 6. The van der Waals surface area contributed by atoms with Crippen molar-refractivity contribution in [2.45, 2.75) is 6.42 Å². The Morgan fingerprint density at radius 3 is 2.70 bits per heavy atom. The number of pyridine rings is 1. The van der Waals surface area contributed by atoms with Gasteiger partial charge in [0.2, 0.25) is 0 Å². The quantitative estimate of drug-likeness (QED) is 0.833. The van der Waals surface area contributed by atoms with Gasteiger partial charge in [0.1, 0.15) is 28.5 Å². The van der Waals surface area contributed by atoms with E-state index in [-0.39, 0.29) is 5.15 Å². The van der Waals surface area contributed by atoms with Crippen LogP contribution in [0.5, 0.6) is 0 Å². The third-order valence-corrected chi connectivity index (χ3v) is 5.02. The zero-order valence-electron chi connectivity index (χ0n) is 12.2. The molecule has 3 rings (SSSR count). The van der Waals surface area contributed by atoms with Crippen molar-refractivity contribution < 1.29 is 0 Å². The van der Waals surface area contributed by atoms with E-state index in [0.29, 0.717) is 11.1 Å². The molecule has 1 aliphatic heterocycles. The molecule has 6 nitrogen and oxygen atoms in total. The topological polar surface area (TPSA) is 79.8 Å². The lowest BCUT2D eigenvalue weighted by atomic mass is 10.2. The zero-order chi connectivity index (χ0) is 16.2. The summed E-state index contributed by atoms with van der Waals surface area (Å²) in [6.45, 7) is 3.09. The third-order valence-electron chi connectivity index (χ3n) is 3.73. The van der Waals surface area contributed by atoms with Gasteiger partial charge in [-0.25, -0.2) is 4.98 Å². The molecule has 0 N–H and O–H groups in total. The van der Waals surface area contributed by atoms with E-state index in [9.17, 15) is 10.5 Å². The van der Waals surface area contributed by atoms with Gasteiger partial charge in [-0.05, 0) is 30.1 Å². The van der Waals surface area contributed by atoms with E-state index in [2.05, 4.69) is 31.3 Å². The Kier molecular flexibility index (Phi) is 4.61.